The van der Waals surface area contributed by atoms with Crippen LogP contribution >= 0.6 is 27.5 Å². The lowest BCUT2D eigenvalue weighted by molar-refractivity contribution is 0.135. The lowest BCUT2D eigenvalue weighted by Crippen LogP contribution is -2.42. The van der Waals surface area contributed by atoms with E-state index < -0.39 is 6.09 Å². The summed E-state index contributed by atoms with van der Waals surface area (Å²) in [5.41, 5.74) is 4.25. The van der Waals surface area contributed by atoms with Gasteiger partial charge < -0.3 is 14.5 Å². The summed E-state index contributed by atoms with van der Waals surface area (Å²) in [5.74, 6) is 1.22. The molecule has 0 saturated carbocycles. The maximum Gasteiger partial charge on any atom is 0.416 e. The van der Waals surface area contributed by atoms with E-state index >= 15 is 0 Å². The molecule has 1 amide bonds. The molecule has 7 heteroatoms. The number of carbonyl (C=O) groups excluding carboxylic acids is 1. The first-order chi connectivity index (χ1) is 15.5. The Hall–Kier alpha value is -2.96. The standard InChI is InChI=1S/C25H20BrClN2O3/c1-31-18-7-2-15(3-8-18)24-23-20(21-14-16(26)4-11-22(21)28-23)12-13-29(24)25(30)32-19-9-5-17(27)6-10-19/h2-11,14,24,28H,12-13H2,1H3. The Labute approximate surface area is 199 Å². The number of H-pyrrole nitrogens is 1. The van der Waals surface area contributed by atoms with Gasteiger partial charge in [-0.1, -0.05) is 39.7 Å². The van der Waals surface area contributed by atoms with E-state index in [1.807, 2.05) is 30.3 Å². The summed E-state index contributed by atoms with van der Waals surface area (Å²) in [4.78, 5) is 18.6. The molecule has 0 spiro atoms. The highest BCUT2D eigenvalue weighted by Crippen LogP contribution is 2.40. The number of aromatic amines is 1. The first-order valence-electron chi connectivity index (χ1n) is 10.2. The Morgan fingerprint density at radius 2 is 1.78 bits per heavy atom. The van der Waals surface area contributed by atoms with E-state index in [0.29, 0.717) is 17.3 Å². The van der Waals surface area contributed by atoms with E-state index in [1.54, 1.807) is 36.3 Å². The van der Waals surface area contributed by atoms with Gasteiger partial charge in [-0.15, -0.1) is 0 Å². The summed E-state index contributed by atoms with van der Waals surface area (Å²) in [6, 6.07) is 20.5. The second-order valence-corrected chi connectivity index (χ2v) is 9.00. The number of fused-ring (bicyclic) bond motifs is 3. The molecule has 32 heavy (non-hydrogen) atoms. The van der Waals surface area contributed by atoms with E-state index in [1.165, 1.54) is 10.9 Å². The second kappa shape index (κ2) is 8.52. The van der Waals surface area contributed by atoms with Gasteiger partial charge in [-0.05, 0) is 72.1 Å². The number of aromatic nitrogens is 1. The van der Waals surface area contributed by atoms with Crippen LogP contribution in [0.3, 0.4) is 0 Å². The predicted molar refractivity (Wildman–Crippen MR) is 129 cm³/mol. The number of rotatable bonds is 3. The molecule has 1 unspecified atom stereocenters. The second-order valence-electron chi connectivity index (χ2n) is 7.65. The molecular formula is C25H20BrClN2O3. The maximum atomic E-state index is 13.3. The van der Waals surface area contributed by atoms with Gasteiger partial charge in [0, 0.05) is 32.6 Å². The number of halogens is 2. The number of benzene rings is 3. The zero-order valence-corrected chi connectivity index (χ0v) is 19.6. The zero-order chi connectivity index (χ0) is 22.2. The van der Waals surface area contributed by atoms with Crippen LogP contribution in [0.5, 0.6) is 11.5 Å². The highest BCUT2D eigenvalue weighted by Gasteiger charge is 2.35. The molecule has 1 N–H and O–H groups in total. The van der Waals surface area contributed by atoms with Gasteiger partial charge in [0.2, 0.25) is 0 Å². The fourth-order valence-corrected chi connectivity index (χ4v) is 4.74. The Balaban J connectivity index is 1.57. The van der Waals surface area contributed by atoms with Crippen LogP contribution in [-0.4, -0.2) is 29.6 Å². The molecule has 5 nitrogen and oxygen atoms in total. The first kappa shape index (κ1) is 20.9. The quantitative estimate of drug-likeness (QED) is 0.331. The fraction of sp³-hybridized carbons (Fsp3) is 0.160. The number of nitrogens with zero attached hydrogens (tertiary/aromatic N) is 1. The first-order valence-corrected chi connectivity index (χ1v) is 11.4. The van der Waals surface area contributed by atoms with Crippen molar-refractivity contribution in [1.82, 2.24) is 9.88 Å². The van der Waals surface area contributed by atoms with Crippen LogP contribution in [0.25, 0.3) is 10.9 Å². The number of nitrogens with one attached hydrogen (secondary N) is 1. The molecule has 0 fully saturated rings. The number of hydrogen-bond donors (Lipinski definition) is 1. The van der Waals surface area contributed by atoms with Gasteiger partial charge in [-0.2, -0.15) is 0 Å². The minimum Gasteiger partial charge on any atom is -0.497 e. The molecule has 1 atom stereocenters. The van der Waals surface area contributed by atoms with Crippen LogP contribution in [-0.2, 0) is 6.42 Å². The number of methoxy groups -OCH3 is 1. The Morgan fingerprint density at radius 3 is 2.50 bits per heavy atom. The fourth-order valence-electron chi connectivity index (χ4n) is 4.25. The average Bonchev–Trinajstić information content (AvgIpc) is 3.18. The lowest BCUT2D eigenvalue weighted by atomic mass is 9.92. The lowest BCUT2D eigenvalue weighted by Gasteiger charge is -2.35. The number of hydrogen-bond acceptors (Lipinski definition) is 3. The largest absolute Gasteiger partial charge is 0.497 e. The molecule has 1 aliphatic rings. The third-order valence-corrected chi connectivity index (χ3v) is 6.52. The molecule has 162 valence electrons. The van der Waals surface area contributed by atoms with Gasteiger partial charge in [0.05, 0.1) is 7.11 Å². The van der Waals surface area contributed by atoms with E-state index in [9.17, 15) is 4.79 Å². The van der Waals surface area contributed by atoms with Crippen LogP contribution in [0, 0.1) is 0 Å². The Bertz CT molecular complexity index is 1290. The molecule has 0 aliphatic carbocycles. The van der Waals surface area contributed by atoms with Crippen molar-refractivity contribution in [3.63, 3.8) is 0 Å². The number of carbonyl (C=O) groups is 1. The average molecular weight is 512 g/mol. The third-order valence-electron chi connectivity index (χ3n) is 5.77. The Kier molecular flexibility index (Phi) is 5.57. The van der Waals surface area contributed by atoms with E-state index in [2.05, 4.69) is 33.0 Å². The molecule has 3 aromatic carbocycles. The minimum atomic E-state index is -0.404. The zero-order valence-electron chi connectivity index (χ0n) is 17.3. The SMILES string of the molecule is COc1ccc(C2c3[nH]c4ccc(Br)cc4c3CCN2C(=O)Oc2ccc(Cl)cc2)cc1. The van der Waals surface area contributed by atoms with Gasteiger partial charge in [0.15, 0.2) is 0 Å². The normalized spacial score (nSPS) is 15.5. The van der Waals surface area contributed by atoms with Crippen molar-refractivity contribution in [3.05, 3.63) is 93.0 Å². The van der Waals surface area contributed by atoms with Crippen molar-refractivity contribution in [2.24, 2.45) is 0 Å². The highest BCUT2D eigenvalue weighted by atomic mass is 79.9. The summed E-state index contributed by atoms with van der Waals surface area (Å²) >= 11 is 9.54. The molecule has 0 bridgehead atoms. The predicted octanol–water partition coefficient (Wildman–Crippen LogP) is 6.74. The molecule has 2 heterocycles. The molecule has 5 rings (SSSR count). The molecule has 1 aromatic heterocycles. The van der Waals surface area contributed by atoms with Gasteiger partial charge in [-0.3, -0.25) is 4.90 Å². The summed E-state index contributed by atoms with van der Waals surface area (Å²) in [6.07, 6.45) is 0.326. The molecule has 4 aromatic rings. The third kappa shape index (κ3) is 3.85. The summed E-state index contributed by atoms with van der Waals surface area (Å²) in [5, 5.41) is 1.76. The number of amides is 1. The van der Waals surface area contributed by atoms with Crippen LogP contribution < -0.4 is 9.47 Å². The molecule has 0 radical (unpaired) electrons. The van der Waals surface area contributed by atoms with Crippen molar-refractivity contribution in [2.45, 2.75) is 12.5 Å². The van der Waals surface area contributed by atoms with Crippen molar-refractivity contribution < 1.29 is 14.3 Å². The van der Waals surface area contributed by atoms with Crippen molar-refractivity contribution in [1.29, 1.82) is 0 Å². The van der Waals surface area contributed by atoms with Gasteiger partial charge >= 0.3 is 6.09 Å². The monoisotopic (exact) mass is 510 g/mol. The summed E-state index contributed by atoms with van der Waals surface area (Å²) < 4.78 is 12.0. The molecule has 0 saturated heterocycles. The number of ether oxygens (including phenoxy) is 2. The van der Waals surface area contributed by atoms with Gasteiger partial charge in [-0.25, -0.2) is 4.79 Å². The van der Waals surface area contributed by atoms with Gasteiger partial charge in [0.1, 0.15) is 17.5 Å². The minimum absolute atomic E-state index is 0.310. The van der Waals surface area contributed by atoms with Crippen molar-refractivity contribution in [3.8, 4) is 11.5 Å². The maximum absolute atomic E-state index is 13.3. The van der Waals surface area contributed by atoms with Crippen molar-refractivity contribution in [2.75, 3.05) is 13.7 Å². The van der Waals surface area contributed by atoms with E-state index in [-0.39, 0.29) is 6.04 Å². The van der Waals surface area contributed by atoms with Crippen LogP contribution in [0.2, 0.25) is 5.02 Å². The molecule has 1 aliphatic heterocycles. The topological polar surface area (TPSA) is 54.6 Å². The smallest absolute Gasteiger partial charge is 0.416 e. The molecular weight excluding hydrogens is 492 g/mol. The van der Waals surface area contributed by atoms with Crippen LogP contribution in [0.4, 0.5) is 4.79 Å². The highest BCUT2D eigenvalue weighted by molar-refractivity contribution is 9.10. The van der Waals surface area contributed by atoms with E-state index in [4.69, 9.17) is 21.1 Å². The van der Waals surface area contributed by atoms with Crippen LogP contribution in [0.1, 0.15) is 22.9 Å². The van der Waals surface area contributed by atoms with Crippen LogP contribution in [0.15, 0.2) is 71.2 Å². The summed E-state index contributed by atoms with van der Waals surface area (Å²) in [7, 11) is 1.64. The van der Waals surface area contributed by atoms with E-state index in [0.717, 1.165) is 33.4 Å². The Morgan fingerprint density at radius 1 is 1.06 bits per heavy atom. The summed E-state index contributed by atoms with van der Waals surface area (Å²) in [6.45, 7) is 0.537. The van der Waals surface area contributed by atoms with Crippen molar-refractivity contribution >= 4 is 44.5 Å². The van der Waals surface area contributed by atoms with Gasteiger partial charge in [0.25, 0.3) is 0 Å².